The maximum atomic E-state index is 5.70. The molecule has 0 heterocycles. The summed E-state index contributed by atoms with van der Waals surface area (Å²) in [7, 11) is 0. The molecule has 0 fully saturated rings. The molecular weight excluding hydrogens is 588 g/mol. The van der Waals surface area contributed by atoms with Crippen LogP contribution in [-0.2, 0) is 14.2 Å². The number of hydrogen-bond donors (Lipinski definition) is 0. The number of hydrogen-bond acceptors (Lipinski definition) is 3. The van der Waals surface area contributed by atoms with Gasteiger partial charge in [0.1, 0.15) is 0 Å². The fourth-order valence-corrected chi connectivity index (χ4v) is 4.15. The maximum absolute atomic E-state index is 5.70. The minimum absolute atomic E-state index is 0.0220. The van der Waals surface area contributed by atoms with E-state index in [2.05, 4.69) is 180 Å². The average molecular weight is 689 g/mol. The van der Waals surface area contributed by atoms with Crippen LogP contribution in [0, 0.1) is 46.8 Å². The van der Waals surface area contributed by atoms with Crippen LogP contribution in [0.5, 0.6) is 0 Å². The summed E-state index contributed by atoms with van der Waals surface area (Å²) in [4.78, 5) is 0. The van der Waals surface area contributed by atoms with Gasteiger partial charge in [-0.3, -0.25) is 0 Å². The fraction of sp³-hybridized carbons (Fsp3) is 1.00. The smallest absolute Gasteiger partial charge is 0.0652 e. The van der Waals surface area contributed by atoms with E-state index >= 15 is 0 Å². The number of ether oxygens (including phenoxy) is 3. The largest absolute Gasteiger partial charge is 0.376 e. The lowest BCUT2D eigenvalue weighted by atomic mass is 9.75. The first-order valence-corrected chi connectivity index (χ1v) is 20.3. The van der Waals surface area contributed by atoms with Gasteiger partial charge in [-0.15, -0.1) is 0 Å². The summed E-state index contributed by atoms with van der Waals surface area (Å²) in [6.07, 6.45) is 7.80. The Hall–Kier alpha value is -0.120. The highest BCUT2D eigenvalue weighted by atomic mass is 16.5. The quantitative estimate of drug-likeness (QED) is 0.161. The van der Waals surface area contributed by atoms with Gasteiger partial charge >= 0.3 is 0 Å². The van der Waals surface area contributed by atoms with Crippen molar-refractivity contribution in [2.24, 2.45) is 46.8 Å². The molecule has 0 spiro atoms. The first-order valence-electron chi connectivity index (χ1n) is 20.3. The number of rotatable bonds is 16. The van der Waals surface area contributed by atoms with Crippen LogP contribution in [0.4, 0.5) is 0 Å². The van der Waals surface area contributed by atoms with E-state index in [9.17, 15) is 0 Å². The summed E-state index contributed by atoms with van der Waals surface area (Å²) in [5.74, 6) is 5.38. The fourth-order valence-electron chi connectivity index (χ4n) is 4.15. The molecule has 0 aromatic rings. The lowest BCUT2D eigenvalue weighted by Gasteiger charge is -2.31. The highest BCUT2D eigenvalue weighted by Crippen LogP contribution is 2.33. The molecule has 3 nitrogen and oxygen atoms in total. The van der Waals surface area contributed by atoms with Gasteiger partial charge in [0.25, 0.3) is 0 Å². The molecule has 0 aromatic carbocycles. The molecule has 0 bridgehead atoms. The van der Waals surface area contributed by atoms with Crippen LogP contribution in [0.25, 0.3) is 0 Å². The molecule has 0 radical (unpaired) electrons. The van der Waals surface area contributed by atoms with Gasteiger partial charge in [0.05, 0.1) is 29.5 Å². The Kier molecular flexibility index (Phi) is 36.4. The lowest BCUT2D eigenvalue weighted by molar-refractivity contribution is -0.0835. The van der Waals surface area contributed by atoms with Crippen molar-refractivity contribution < 1.29 is 14.2 Å². The van der Waals surface area contributed by atoms with Gasteiger partial charge in [0, 0.05) is 6.61 Å². The second-order valence-electron chi connectivity index (χ2n) is 19.7. The van der Waals surface area contributed by atoms with Gasteiger partial charge in [-0.25, -0.2) is 0 Å². The molecule has 0 aliphatic carbocycles. The average Bonchev–Trinajstić information content (AvgIpc) is 2.82. The van der Waals surface area contributed by atoms with Crippen molar-refractivity contribution in [3.63, 3.8) is 0 Å². The van der Waals surface area contributed by atoms with E-state index in [1.165, 1.54) is 25.7 Å². The van der Waals surface area contributed by atoms with Crippen molar-refractivity contribution in [3.05, 3.63) is 0 Å². The first kappa shape index (κ1) is 57.2. The molecule has 0 aliphatic heterocycles. The molecule has 298 valence electrons. The summed E-state index contributed by atoms with van der Waals surface area (Å²) in [5.41, 5.74) is 0.581. The van der Waals surface area contributed by atoms with E-state index in [-0.39, 0.29) is 11.2 Å². The third kappa shape index (κ3) is 50.3. The molecule has 0 aromatic heterocycles. The Morgan fingerprint density at radius 2 is 0.854 bits per heavy atom. The van der Waals surface area contributed by atoms with Gasteiger partial charge in [-0.1, -0.05) is 130 Å². The Bertz CT molecular complexity index is 612. The van der Waals surface area contributed by atoms with Crippen molar-refractivity contribution in [2.75, 3.05) is 6.61 Å². The zero-order chi connectivity index (χ0) is 39.6. The molecule has 0 rings (SSSR count). The van der Waals surface area contributed by atoms with Gasteiger partial charge < -0.3 is 14.2 Å². The third-order valence-corrected chi connectivity index (χ3v) is 8.65. The van der Waals surface area contributed by atoms with E-state index in [0.717, 1.165) is 42.6 Å². The van der Waals surface area contributed by atoms with Crippen LogP contribution in [0.1, 0.15) is 212 Å². The Balaban J connectivity index is -0.000000161. The summed E-state index contributed by atoms with van der Waals surface area (Å²) in [5, 5.41) is 0. The van der Waals surface area contributed by atoms with Gasteiger partial charge in [0.15, 0.2) is 0 Å². The normalized spacial score (nSPS) is 13.1. The summed E-state index contributed by atoms with van der Waals surface area (Å²) < 4.78 is 16.8. The highest BCUT2D eigenvalue weighted by molar-refractivity contribution is 4.74. The second-order valence-corrected chi connectivity index (χ2v) is 19.7. The predicted octanol–water partition coefficient (Wildman–Crippen LogP) is 15.3. The van der Waals surface area contributed by atoms with Crippen molar-refractivity contribution in [1.29, 1.82) is 0 Å². The zero-order valence-electron chi connectivity index (χ0n) is 38.7. The molecule has 1 unspecified atom stereocenters. The lowest BCUT2D eigenvalue weighted by Crippen LogP contribution is -2.33. The van der Waals surface area contributed by atoms with E-state index in [1.54, 1.807) is 0 Å². The van der Waals surface area contributed by atoms with Crippen LogP contribution in [-0.4, -0.2) is 36.1 Å². The van der Waals surface area contributed by atoms with E-state index < -0.39 is 0 Å². The molecule has 48 heavy (non-hydrogen) atoms. The van der Waals surface area contributed by atoms with Crippen molar-refractivity contribution in [2.45, 2.75) is 242 Å². The molecule has 0 aliphatic rings. The molecule has 0 N–H and O–H groups in total. The van der Waals surface area contributed by atoms with Crippen LogP contribution in [0.2, 0.25) is 0 Å². The SMILES string of the molecule is CC(C)CC(C)(C)C(C)C.CC(C)CCCC(C)C.CC(C)CCOC(C)(C)C.CC(C)OC(C)(C)C(C)C.CC(C)OC(C)C(C)C. The Morgan fingerprint density at radius 3 is 1.02 bits per heavy atom. The minimum Gasteiger partial charge on any atom is -0.376 e. The molecule has 0 saturated carbocycles. The van der Waals surface area contributed by atoms with Gasteiger partial charge in [-0.05, 0) is 129 Å². The standard InChI is InChI=1S/C10H22.2C9H20O.C9H20.C8H18O/c1-8(2)7-10(5,6)9(3)4;1-8(2)6-7-10-9(3,4)5;1-7(2)9(5,6)10-8(3)4;1-8(2)6-5-7-9(3)4;1-6(2)8(5)9-7(3)4/h8-9H,7H2,1-6H3;8H,6-7H2,1-5H3;7-8H,1-6H3;8-9H,5-7H2,1-4H3;6-8H,1-5H3. The van der Waals surface area contributed by atoms with Crippen LogP contribution in [0.3, 0.4) is 0 Å². The molecule has 1 atom stereocenters. The van der Waals surface area contributed by atoms with Crippen LogP contribution >= 0.6 is 0 Å². The summed E-state index contributed by atoms with van der Waals surface area (Å²) in [6.45, 7) is 58.1. The molecule has 3 heteroatoms. The van der Waals surface area contributed by atoms with E-state index in [4.69, 9.17) is 14.2 Å². The topological polar surface area (TPSA) is 27.7 Å². The van der Waals surface area contributed by atoms with Gasteiger partial charge in [0.2, 0.25) is 0 Å². The molecular formula is C45H100O3. The van der Waals surface area contributed by atoms with E-state index in [0.29, 0.717) is 35.6 Å². The molecule has 0 saturated heterocycles. The monoisotopic (exact) mass is 689 g/mol. The first-order chi connectivity index (χ1) is 21.3. The van der Waals surface area contributed by atoms with Crippen molar-refractivity contribution in [3.8, 4) is 0 Å². The van der Waals surface area contributed by atoms with Crippen molar-refractivity contribution in [1.82, 2.24) is 0 Å². The second kappa shape index (κ2) is 30.5. The molecule has 0 amide bonds. The maximum Gasteiger partial charge on any atom is 0.0652 e. The summed E-state index contributed by atoms with van der Waals surface area (Å²) in [6, 6.07) is 0. The summed E-state index contributed by atoms with van der Waals surface area (Å²) >= 11 is 0. The van der Waals surface area contributed by atoms with Crippen molar-refractivity contribution >= 4 is 0 Å². The van der Waals surface area contributed by atoms with E-state index in [1.807, 2.05) is 0 Å². The predicted molar refractivity (Wildman–Crippen MR) is 222 cm³/mol. The van der Waals surface area contributed by atoms with Gasteiger partial charge in [-0.2, -0.15) is 0 Å². The van der Waals surface area contributed by atoms with Crippen LogP contribution in [0.15, 0.2) is 0 Å². The Morgan fingerprint density at radius 1 is 0.458 bits per heavy atom. The minimum atomic E-state index is 0.0220. The zero-order valence-corrected chi connectivity index (χ0v) is 38.7. The third-order valence-electron chi connectivity index (χ3n) is 8.65. The Labute approximate surface area is 308 Å². The van der Waals surface area contributed by atoms with Crippen LogP contribution < -0.4 is 0 Å². The highest BCUT2D eigenvalue weighted by Gasteiger charge is 2.24.